The second-order valence-electron chi connectivity index (χ2n) is 2.48. The average Bonchev–Trinajstić information content (AvgIpc) is 2.13. The maximum atomic E-state index is 10.8. The highest BCUT2D eigenvalue weighted by molar-refractivity contribution is 6.64. The standard InChI is InChI=1S/C6H8ClNO2/c1-8-3-4(6(7)10)2-5(8)9/h4H,2-3H2,1H3/t4-/m0/s1. The van der Waals surface area contributed by atoms with Gasteiger partial charge in [-0.3, -0.25) is 9.59 Å². The normalized spacial score (nSPS) is 25.6. The van der Waals surface area contributed by atoms with Gasteiger partial charge >= 0.3 is 0 Å². The van der Waals surface area contributed by atoms with E-state index in [-0.39, 0.29) is 18.2 Å². The molecule has 0 aromatic heterocycles. The zero-order valence-corrected chi connectivity index (χ0v) is 6.39. The van der Waals surface area contributed by atoms with Crippen molar-refractivity contribution in [2.45, 2.75) is 6.42 Å². The van der Waals surface area contributed by atoms with Gasteiger partial charge in [-0.2, -0.15) is 0 Å². The summed E-state index contributed by atoms with van der Waals surface area (Å²) in [5.74, 6) is -0.279. The van der Waals surface area contributed by atoms with E-state index in [1.165, 1.54) is 4.90 Å². The average molecular weight is 162 g/mol. The first-order valence-corrected chi connectivity index (χ1v) is 3.42. The van der Waals surface area contributed by atoms with Gasteiger partial charge in [0, 0.05) is 20.0 Å². The van der Waals surface area contributed by atoms with Gasteiger partial charge in [-0.15, -0.1) is 0 Å². The first-order chi connectivity index (χ1) is 4.61. The van der Waals surface area contributed by atoms with E-state index in [9.17, 15) is 9.59 Å². The number of carbonyl (C=O) groups excluding carboxylic acids is 2. The summed E-state index contributed by atoms with van der Waals surface area (Å²) in [4.78, 5) is 22.8. The maximum Gasteiger partial charge on any atom is 0.227 e. The number of hydrogen-bond acceptors (Lipinski definition) is 2. The first-order valence-electron chi connectivity index (χ1n) is 3.04. The van der Waals surface area contributed by atoms with E-state index in [4.69, 9.17) is 11.6 Å². The lowest BCUT2D eigenvalue weighted by molar-refractivity contribution is -0.127. The van der Waals surface area contributed by atoms with Gasteiger partial charge in [0.2, 0.25) is 11.1 Å². The molecule has 3 nitrogen and oxygen atoms in total. The van der Waals surface area contributed by atoms with Crippen molar-refractivity contribution >= 4 is 22.8 Å². The van der Waals surface area contributed by atoms with Crippen LogP contribution < -0.4 is 0 Å². The van der Waals surface area contributed by atoms with Gasteiger partial charge in [0.1, 0.15) is 0 Å². The molecule has 0 unspecified atom stereocenters. The van der Waals surface area contributed by atoms with Gasteiger partial charge in [0.25, 0.3) is 0 Å². The molecular weight excluding hydrogens is 154 g/mol. The Labute approximate surface area is 63.9 Å². The Morgan fingerprint density at radius 3 is 2.60 bits per heavy atom. The number of hydrogen-bond donors (Lipinski definition) is 0. The predicted molar refractivity (Wildman–Crippen MR) is 36.6 cm³/mol. The fraction of sp³-hybridized carbons (Fsp3) is 0.667. The second kappa shape index (κ2) is 2.58. The molecule has 0 saturated carbocycles. The molecule has 1 saturated heterocycles. The van der Waals surface area contributed by atoms with Crippen molar-refractivity contribution < 1.29 is 9.59 Å². The Balaban J connectivity index is 2.57. The number of carbonyl (C=O) groups is 2. The molecule has 1 atom stereocenters. The number of rotatable bonds is 1. The lowest BCUT2D eigenvalue weighted by atomic mass is 10.1. The summed E-state index contributed by atoms with van der Waals surface area (Å²) in [6, 6.07) is 0. The summed E-state index contributed by atoms with van der Waals surface area (Å²) >= 11 is 5.20. The summed E-state index contributed by atoms with van der Waals surface area (Å²) in [5.41, 5.74) is 0. The van der Waals surface area contributed by atoms with Crippen molar-refractivity contribution in [2.24, 2.45) is 5.92 Å². The third-order valence-corrected chi connectivity index (χ3v) is 1.97. The summed E-state index contributed by atoms with van der Waals surface area (Å²) in [5, 5.41) is -0.405. The predicted octanol–water partition coefficient (Wildman–Crippen LogP) is 0.230. The molecule has 0 aliphatic carbocycles. The SMILES string of the molecule is CN1C[C@@H](C(=O)Cl)CC1=O. The van der Waals surface area contributed by atoms with Crippen LogP contribution in [0.4, 0.5) is 0 Å². The van der Waals surface area contributed by atoms with Crippen molar-refractivity contribution in [1.29, 1.82) is 0 Å². The Morgan fingerprint density at radius 2 is 2.40 bits per heavy atom. The van der Waals surface area contributed by atoms with Crippen molar-refractivity contribution in [2.75, 3.05) is 13.6 Å². The summed E-state index contributed by atoms with van der Waals surface area (Å²) in [6.45, 7) is 0.473. The lowest BCUT2D eigenvalue weighted by Crippen LogP contribution is -2.19. The largest absolute Gasteiger partial charge is 0.345 e. The minimum absolute atomic E-state index is 0.000926. The maximum absolute atomic E-state index is 10.8. The molecule has 0 bridgehead atoms. The van der Waals surface area contributed by atoms with Crippen LogP contribution in [0.3, 0.4) is 0 Å². The Bertz CT molecular complexity index is 181. The summed E-state index contributed by atoms with van der Waals surface area (Å²) < 4.78 is 0. The molecule has 1 amide bonds. The Kier molecular flexibility index (Phi) is 1.94. The molecular formula is C6H8ClNO2. The van der Waals surface area contributed by atoms with E-state index in [2.05, 4.69) is 0 Å². The lowest BCUT2D eigenvalue weighted by Gasteiger charge is -2.05. The van der Waals surface area contributed by atoms with E-state index >= 15 is 0 Å². The number of halogens is 1. The van der Waals surface area contributed by atoms with Crippen LogP contribution in [0.1, 0.15) is 6.42 Å². The van der Waals surface area contributed by atoms with Gasteiger partial charge < -0.3 is 4.90 Å². The number of amides is 1. The monoisotopic (exact) mass is 161 g/mol. The minimum Gasteiger partial charge on any atom is -0.345 e. The molecule has 0 aromatic carbocycles. The minimum atomic E-state index is -0.405. The van der Waals surface area contributed by atoms with Gasteiger partial charge in [-0.05, 0) is 11.6 Å². The molecule has 1 heterocycles. The first kappa shape index (κ1) is 7.54. The van der Waals surface area contributed by atoms with Gasteiger partial charge in [0.15, 0.2) is 0 Å². The van der Waals surface area contributed by atoms with Gasteiger partial charge in [0.05, 0.1) is 5.92 Å². The fourth-order valence-corrected chi connectivity index (χ4v) is 1.16. The van der Waals surface area contributed by atoms with Crippen LogP contribution in [0.5, 0.6) is 0 Å². The van der Waals surface area contributed by atoms with Crippen molar-refractivity contribution in [3.05, 3.63) is 0 Å². The van der Waals surface area contributed by atoms with Crippen LogP contribution in [0.2, 0.25) is 0 Å². The Hall–Kier alpha value is -0.570. The van der Waals surface area contributed by atoms with Crippen LogP contribution in [0.15, 0.2) is 0 Å². The molecule has 1 aliphatic heterocycles. The molecule has 1 fully saturated rings. The van der Waals surface area contributed by atoms with Crippen LogP contribution >= 0.6 is 11.6 Å². The van der Waals surface area contributed by atoms with Gasteiger partial charge in [-0.25, -0.2) is 0 Å². The van der Waals surface area contributed by atoms with E-state index in [0.717, 1.165) is 0 Å². The third-order valence-electron chi connectivity index (χ3n) is 1.66. The molecule has 0 N–H and O–H groups in total. The quantitative estimate of drug-likeness (QED) is 0.517. The molecule has 0 spiro atoms. The van der Waals surface area contributed by atoms with Crippen molar-refractivity contribution in [3.63, 3.8) is 0 Å². The van der Waals surface area contributed by atoms with E-state index in [0.29, 0.717) is 6.54 Å². The third kappa shape index (κ3) is 1.29. The molecule has 1 aliphatic rings. The highest BCUT2D eigenvalue weighted by Crippen LogP contribution is 2.17. The molecule has 10 heavy (non-hydrogen) atoms. The van der Waals surface area contributed by atoms with Crippen molar-refractivity contribution in [3.8, 4) is 0 Å². The molecule has 0 radical (unpaired) electrons. The highest BCUT2D eigenvalue weighted by Gasteiger charge is 2.30. The molecule has 1 rings (SSSR count). The van der Waals surface area contributed by atoms with Crippen LogP contribution in [0.25, 0.3) is 0 Å². The topological polar surface area (TPSA) is 37.4 Å². The van der Waals surface area contributed by atoms with E-state index in [1.54, 1.807) is 7.05 Å². The highest BCUT2D eigenvalue weighted by atomic mass is 35.5. The summed E-state index contributed by atoms with van der Waals surface area (Å²) in [7, 11) is 1.67. The zero-order chi connectivity index (χ0) is 7.72. The van der Waals surface area contributed by atoms with Gasteiger partial charge in [-0.1, -0.05) is 0 Å². The zero-order valence-electron chi connectivity index (χ0n) is 5.63. The van der Waals surface area contributed by atoms with Crippen molar-refractivity contribution in [1.82, 2.24) is 4.90 Å². The Morgan fingerprint density at radius 1 is 1.80 bits per heavy atom. The molecule has 56 valence electrons. The number of nitrogens with zero attached hydrogens (tertiary/aromatic N) is 1. The molecule has 4 heteroatoms. The van der Waals surface area contributed by atoms with E-state index < -0.39 is 5.24 Å². The fourth-order valence-electron chi connectivity index (χ4n) is 1.02. The van der Waals surface area contributed by atoms with E-state index in [1.807, 2.05) is 0 Å². The van der Waals surface area contributed by atoms with Crippen LogP contribution in [-0.4, -0.2) is 29.6 Å². The number of likely N-dealkylation sites (tertiary alicyclic amines) is 1. The van der Waals surface area contributed by atoms with Crippen LogP contribution in [0, 0.1) is 5.92 Å². The smallest absolute Gasteiger partial charge is 0.227 e. The van der Waals surface area contributed by atoms with Crippen LogP contribution in [-0.2, 0) is 9.59 Å². The second-order valence-corrected chi connectivity index (χ2v) is 2.85. The summed E-state index contributed by atoms with van der Waals surface area (Å²) in [6.07, 6.45) is 0.277. The molecule has 0 aromatic rings.